The molecular formula is C11H14BrNO2. The minimum atomic E-state index is 0.313. The maximum atomic E-state index is 5.59. The van der Waals surface area contributed by atoms with Gasteiger partial charge in [-0.25, -0.2) is 0 Å². The van der Waals surface area contributed by atoms with Gasteiger partial charge in [0.05, 0.1) is 4.47 Å². The number of halogens is 1. The third-order valence-corrected chi connectivity index (χ3v) is 3.15. The highest BCUT2D eigenvalue weighted by molar-refractivity contribution is 9.10. The number of hydrogen-bond donors (Lipinski definition) is 1. The standard InChI is InChI=1S/C11H14BrNO2/c1-2-8-7(3-4-13)5-9(12)11-10(8)14-6-15-11/h5H,2-4,6,13H2,1H3. The van der Waals surface area contributed by atoms with E-state index in [1.807, 2.05) is 0 Å². The molecule has 2 rings (SSSR count). The summed E-state index contributed by atoms with van der Waals surface area (Å²) in [6.07, 6.45) is 1.81. The van der Waals surface area contributed by atoms with Gasteiger partial charge in [0, 0.05) is 5.56 Å². The van der Waals surface area contributed by atoms with Crippen molar-refractivity contribution in [3.8, 4) is 11.5 Å². The summed E-state index contributed by atoms with van der Waals surface area (Å²) in [4.78, 5) is 0. The van der Waals surface area contributed by atoms with Gasteiger partial charge in [0.2, 0.25) is 6.79 Å². The highest BCUT2D eigenvalue weighted by Crippen LogP contribution is 2.43. The Morgan fingerprint density at radius 1 is 1.40 bits per heavy atom. The summed E-state index contributed by atoms with van der Waals surface area (Å²) in [5.74, 6) is 1.71. The highest BCUT2D eigenvalue weighted by Gasteiger charge is 2.22. The van der Waals surface area contributed by atoms with Crippen molar-refractivity contribution in [2.75, 3.05) is 13.3 Å². The zero-order valence-corrected chi connectivity index (χ0v) is 10.3. The second-order valence-corrected chi connectivity index (χ2v) is 4.31. The molecule has 15 heavy (non-hydrogen) atoms. The Kier molecular flexibility index (Phi) is 3.17. The topological polar surface area (TPSA) is 44.5 Å². The van der Waals surface area contributed by atoms with Crippen LogP contribution in [0.2, 0.25) is 0 Å². The van der Waals surface area contributed by atoms with Crippen LogP contribution in [0, 0.1) is 0 Å². The Hall–Kier alpha value is -0.740. The van der Waals surface area contributed by atoms with Crippen molar-refractivity contribution in [3.63, 3.8) is 0 Å². The number of rotatable bonds is 3. The summed E-state index contributed by atoms with van der Waals surface area (Å²) < 4.78 is 11.9. The second-order valence-electron chi connectivity index (χ2n) is 3.45. The van der Waals surface area contributed by atoms with Crippen LogP contribution in [0.5, 0.6) is 11.5 Å². The van der Waals surface area contributed by atoms with Crippen molar-refractivity contribution in [2.24, 2.45) is 5.73 Å². The Morgan fingerprint density at radius 2 is 2.13 bits per heavy atom. The molecule has 1 aliphatic heterocycles. The lowest BCUT2D eigenvalue weighted by Crippen LogP contribution is -2.05. The average molecular weight is 272 g/mol. The van der Waals surface area contributed by atoms with E-state index in [0.717, 1.165) is 28.8 Å². The van der Waals surface area contributed by atoms with Gasteiger partial charge in [0.1, 0.15) is 0 Å². The molecule has 0 radical (unpaired) electrons. The van der Waals surface area contributed by atoms with Gasteiger partial charge in [0.25, 0.3) is 0 Å². The van der Waals surface area contributed by atoms with Gasteiger partial charge in [-0.3, -0.25) is 0 Å². The number of fused-ring (bicyclic) bond motifs is 1. The Bertz CT molecular complexity index is 379. The molecule has 3 nitrogen and oxygen atoms in total. The minimum absolute atomic E-state index is 0.313. The van der Waals surface area contributed by atoms with Crippen molar-refractivity contribution in [1.29, 1.82) is 0 Å². The van der Waals surface area contributed by atoms with Gasteiger partial charge in [0.15, 0.2) is 11.5 Å². The normalized spacial score (nSPS) is 13.3. The van der Waals surface area contributed by atoms with Gasteiger partial charge in [-0.15, -0.1) is 0 Å². The molecular weight excluding hydrogens is 258 g/mol. The molecule has 0 spiro atoms. The molecule has 0 aromatic heterocycles. The molecule has 1 aromatic carbocycles. The van der Waals surface area contributed by atoms with Crippen LogP contribution in [-0.4, -0.2) is 13.3 Å². The van der Waals surface area contributed by atoms with Crippen LogP contribution in [0.15, 0.2) is 10.5 Å². The smallest absolute Gasteiger partial charge is 0.231 e. The largest absolute Gasteiger partial charge is 0.453 e. The molecule has 0 bridgehead atoms. The van der Waals surface area contributed by atoms with E-state index < -0.39 is 0 Å². The lowest BCUT2D eigenvalue weighted by Gasteiger charge is -2.11. The van der Waals surface area contributed by atoms with E-state index in [-0.39, 0.29) is 0 Å². The first-order chi connectivity index (χ1) is 7.27. The summed E-state index contributed by atoms with van der Waals surface area (Å²) in [5, 5.41) is 0. The van der Waals surface area contributed by atoms with Crippen molar-refractivity contribution >= 4 is 15.9 Å². The summed E-state index contributed by atoms with van der Waals surface area (Å²) in [7, 11) is 0. The maximum Gasteiger partial charge on any atom is 0.231 e. The van der Waals surface area contributed by atoms with Crippen molar-refractivity contribution in [3.05, 3.63) is 21.7 Å². The molecule has 82 valence electrons. The second kappa shape index (κ2) is 4.41. The fourth-order valence-corrected chi connectivity index (χ4v) is 2.47. The van der Waals surface area contributed by atoms with E-state index in [2.05, 4.69) is 28.9 Å². The number of nitrogens with two attached hydrogens (primary N) is 1. The van der Waals surface area contributed by atoms with Gasteiger partial charge >= 0.3 is 0 Å². The predicted octanol–water partition coefficient (Wildman–Crippen LogP) is 2.24. The Balaban J connectivity index is 2.52. The molecule has 1 aliphatic rings. The lowest BCUT2D eigenvalue weighted by molar-refractivity contribution is 0.173. The molecule has 1 aromatic rings. The molecule has 0 amide bonds. The summed E-state index contributed by atoms with van der Waals surface area (Å²) in [6.45, 7) is 3.08. The van der Waals surface area contributed by atoms with Crippen LogP contribution in [0.4, 0.5) is 0 Å². The zero-order chi connectivity index (χ0) is 10.8. The monoisotopic (exact) mass is 271 g/mol. The van der Waals surface area contributed by atoms with E-state index in [0.29, 0.717) is 13.3 Å². The molecule has 0 unspecified atom stereocenters. The molecule has 2 N–H and O–H groups in total. The van der Waals surface area contributed by atoms with Crippen LogP contribution in [0.1, 0.15) is 18.1 Å². The van der Waals surface area contributed by atoms with Crippen molar-refractivity contribution in [1.82, 2.24) is 0 Å². The zero-order valence-electron chi connectivity index (χ0n) is 8.68. The van der Waals surface area contributed by atoms with E-state index in [1.54, 1.807) is 0 Å². The highest BCUT2D eigenvalue weighted by atomic mass is 79.9. The van der Waals surface area contributed by atoms with Crippen LogP contribution in [0.3, 0.4) is 0 Å². The summed E-state index contributed by atoms with van der Waals surface area (Å²) in [6, 6.07) is 2.08. The lowest BCUT2D eigenvalue weighted by atomic mass is 10.0. The minimum Gasteiger partial charge on any atom is -0.453 e. The number of benzene rings is 1. The predicted molar refractivity (Wildman–Crippen MR) is 62.4 cm³/mol. The van der Waals surface area contributed by atoms with E-state index in [9.17, 15) is 0 Å². The number of ether oxygens (including phenoxy) is 2. The first kappa shape index (κ1) is 10.8. The van der Waals surface area contributed by atoms with Crippen LogP contribution in [0.25, 0.3) is 0 Å². The summed E-state index contributed by atoms with van der Waals surface area (Å²) >= 11 is 3.49. The average Bonchev–Trinajstić information content (AvgIpc) is 2.68. The van der Waals surface area contributed by atoms with Crippen molar-refractivity contribution < 1.29 is 9.47 Å². The molecule has 0 atom stereocenters. The van der Waals surface area contributed by atoms with Gasteiger partial charge in [-0.05, 0) is 46.9 Å². The first-order valence-corrected chi connectivity index (χ1v) is 5.87. The number of hydrogen-bond acceptors (Lipinski definition) is 3. The third kappa shape index (κ3) is 1.84. The van der Waals surface area contributed by atoms with Gasteiger partial charge in [-0.2, -0.15) is 0 Å². The van der Waals surface area contributed by atoms with Crippen molar-refractivity contribution in [2.45, 2.75) is 19.8 Å². The third-order valence-electron chi connectivity index (χ3n) is 2.56. The van der Waals surface area contributed by atoms with Gasteiger partial charge in [-0.1, -0.05) is 6.92 Å². The van der Waals surface area contributed by atoms with E-state index >= 15 is 0 Å². The molecule has 4 heteroatoms. The van der Waals surface area contributed by atoms with E-state index in [1.165, 1.54) is 11.1 Å². The first-order valence-electron chi connectivity index (χ1n) is 5.07. The Morgan fingerprint density at radius 3 is 2.80 bits per heavy atom. The summed E-state index contributed by atoms with van der Waals surface area (Å²) in [5.41, 5.74) is 8.06. The SMILES string of the molecule is CCc1c(CCN)cc(Br)c2c1OCO2. The fraction of sp³-hybridized carbons (Fsp3) is 0.455. The van der Waals surface area contributed by atoms with Crippen LogP contribution >= 0.6 is 15.9 Å². The molecule has 0 aliphatic carbocycles. The molecule has 0 saturated carbocycles. The fourth-order valence-electron chi connectivity index (χ4n) is 1.90. The Labute approximate surface area is 97.7 Å². The van der Waals surface area contributed by atoms with E-state index in [4.69, 9.17) is 15.2 Å². The quantitative estimate of drug-likeness (QED) is 0.917. The van der Waals surface area contributed by atoms with Crippen LogP contribution < -0.4 is 15.2 Å². The molecule has 0 saturated heterocycles. The molecule has 0 fully saturated rings. The van der Waals surface area contributed by atoms with Gasteiger partial charge < -0.3 is 15.2 Å². The molecule has 1 heterocycles. The maximum absolute atomic E-state index is 5.59. The van der Waals surface area contributed by atoms with Crippen LogP contribution in [-0.2, 0) is 12.8 Å².